The molecule has 0 saturated carbocycles. The van der Waals surface area contributed by atoms with Crippen LogP contribution in [0.2, 0.25) is 10.0 Å². The van der Waals surface area contributed by atoms with Crippen molar-refractivity contribution in [2.24, 2.45) is 5.10 Å². The molecule has 0 saturated heterocycles. The Hall–Kier alpha value is -1.67. The van der Waals surface area contributed by atoms with Crippen LogP contribution in [0.25, 0.3) is 0 Å². The summed E-state index contributed by atoms with van der Waals surface area (Å²) >= 11 is 11.9. The molecule has 1 aromatic heterocycles. The van der Waals surface area contributed by atoms with Gasteiger partial charge in [-0.3, -0.25) is 5.43 Å². The van der Waals surface area contributed by atoms with Gasteiger partial charge in [0.1, 0.15) is 10.7 Å². The summed E-state index contributed by atoms with van der Waals surface area (Å²) in [5, 5.41) is 5.16. The average Bonchev–Trinajstić information content (AvgIpc) is 2.63. The van der Waals surface area contributed by atoms with Gasteiger partial charge in [-0.15, -0.1) is 0 Å². The van der Waals surface area contributed by atoms with Gasteiger partial charge in [-0.05, 0) is 36.8 Å². The predicted molar refractivity (Wildman–Crippen MR) is 107 cm³/mol. The van der Waals surface area contributed by atoms with Gasteiger partial charge in [0.05, 0.1) is 15.8 Å². The van der Waals surface area contributed by atoms with E-state index in [4.69, 9.17) is 23.2 Å². The van der Waals surface area contributed by atoms with Gasteiger partial charge in [-0.25, -0.2) is 13.4 Å². The molecule has 6 nitrogen and oxygen atoms in total. The number of hydrazone groups is 1. The lowest BCUT2D eigenvalue weighted by atomic mass is 10.1. The molecule has 9 heteroatoms. The molecule has 1 aromatic carbocycles. The van der Waals surface area contributed by atoms with E-state index < -0.39 is 10.0 Å². The fourth-order valence-electron chi connectivity index (χ4n) is 2.24. The first kappa shape index (κ1) is 20.6. The summed E-state index contributed by atoms with van der Waals surface area (Å²) in [7, 11) is -3.52. The minimum atomic E-state index is -3.52. The Morgan fingerprint density at radius 2 is 1.85 bits per heavy atom. The highest BCUT2D eigenvalue weighted by molar-refractivity contribution is 7.89. The van der Waals surface area contributed by atoms with E-state index in [0.717, 1.165) is 5.56 Å². The Kier molecular flexibility index (Phi) is 7.00. The van der Waals surface area contributed by atoms with E-state index in [0.29, 0.717) is 34.7 Å². The Bertz CT molecular complexity index is 895. The number of hydrogen-bond donors (Lipinski definition) is 1. The van der Waals surface area contributed by atoms with E-state index in [9.17, 15) is 8.42 Å². The zero-order chi connectivity index (χ0) is 19.3. The van der Waals surface area contributed by atoms with Crippen LogP contribution in [-0.4, -0.2) is 36.5 Å². The molecule has 26 heavy (non-hydrogen) atoms. The van der Waals surface area contributed by atoms with E-state index >= 15 is 0 Å². The Labute approximate surface area is 163 Å². The van der Waals surface area contributed by atoms with Crippen molar-refractivity contribution in [1.29, 1.82) is 0 Å². The molecule has 140 valence electrons. The fraction of sp³-hybridized carbons (Fsp3) is 0.294. The van der Waals surface area contributed by atoms with E-state index in [1.54, 1.807) is 32.0 Å². The SMILES string of the molecule is CCN(CC)S(=O)(=O)c1ccc(N/N=C(\C)c2ccc(Cl)c(Cl)c2)nc1. The van der Waals surface area contributed by atoms with Crippen molar-refractivity contribution in [2.45, 2.75) is 25.7 Å². The number of anilines is 1. The second-order valence-electron chi connectivity index (χ2n) is 5.41. The first-order chi connectivity index (χ1) is 12.3. The normalized spacial score (nSPS) is 12.5. The average molecular weight is 415 g/mol. The van der Waals surface area contributed by atoms with Gasteiger partial charge in [-0.1, -0.05) is 43.1 Å². The molecular weight excluding hydrogens is 395 g/mol. The van der Waals surface area contributed by atoms with Crippen LogP contribution in [0.1, 0.15) is 26.3 Å². The molecular formula is C17H20Cl2N4O2S. The number of hydrogen-bond acceptors (Lipinski definition) is 5. The lowest BCUT2D eigenvalue weighted by Gasteiger charge is -2.18. The van der Waals surface area contributed by atoms with Gasteiger partial charge < -0.3 is 0 Å². The molecule has 0 fully saturated rings. The molecule has 1 N–H and O–H groups in total. The maximum absolute atomic E-state index is 12.4. The van der Waals surface area contributed by atoms with Crippen LogP contribution in [0.3, 0.4) is 0 Å². The van der Waals surface area contributed by atoms with E-state index in [1.165, 1.54) is 16.6 Å². The lowest BCUT2D eigenvalue weighted by Crippen LogP contribution is -2.30. The van der Waals surface area contributed by atoms with Gasteiger partial charge in [0, 0.05) is 19.3 Å². The van der Waals surface area contributed by atoms with Crippen LogP contribution in [0.4, 0.5) is 5.82 Å². The molecule has 0 aliphatic heterocycles. The largest absolute Gasteiger partial charge is 0.261 e. The van der Waals surface area contributed by atoms with E-state index in [1.807, 2.05) is 13.0 Å². The predicted octanol–water partition coefficient (Wildman–Crippen LogP) is 4.26. The summed E-state index contributed by atoms with van der Waals surface area (Å²) in [6.07, 6.45) is 1.32. The molecule has 0 spiro atoms. The molecule has 0 amide bonds. The monoisotopic (exact) mass is 414 g/mol. The van der Waals surface area contributed by atoms with Gasteiger partial charge in [0.15, 0.2) is 0 Å². The molecule has 2 rings (SSSR count). The summed E-state index contributed by atoms with van der Waals surface area (Å²) in [5.74, 6) is 0.433. The van der Waals surface area contributed by atoms with Gasteiger partial charge in [-0.2, -0.15) is 9.41 Å². The Morgan fingerprint density at radius 3 is 2.38 bits per heavy atom. The van der Waals surface area contributed by atoms with Gasteiger partial charge >= 0.3 is 0 Å². The van der Waals surface area contributed by atoms with Crippen molar-refractivity contribution in [3.05, 3.63) is 52.1 Å². The molecule has 0 aliphatic rings. The third-order valence-corrected chi connectivity index (χ3v) is 6.53. The minimum Gasteiger partial charge on any atom is -0.261 e. The minimum absolute atomic E-state index is 0.150. The number of benzene rings is 1. The van der Waals surface area contributed by atoms with Crippen LogP contribution in [-0.2, 0) is 10.0 Å². The highest BCUT2D eigenvalue weighted by atomic mass is 35.5. The van der Waals surface area contributed by atoms with Gasteiger partial charge in [0.25, 0.3) is 0 Å². The number of pyridine rings is 1. The van der Waals surface area contributed by atoms with Crippen molar-refractivity contribution in [1.82, 2.24) is 9.29 Å². The van der Waals surface area contributed by atoms with Crippen LogP contribution < -0.4 is 5.43 Å². The number of nitrogens with zero attached hydrogens (tertiary/aromatic N) is 3. The van der Waals surface area contributed by atoms with Crippen molar-refractivity contribution < 1.29 is 8.42 Å². The topological polar surface area (TPSA) is 74.7 Å². The maximum atomic E-state index is 12.4. The lowest BCUT2D eigenvalue weighted by molar-refractivity contribution is 0.445. The summed E-state index contributed by atoms with van der Waals surface area (Å²) in [4.78, 5) is 4.27. The van der Waals surface area contributed by atoms with Gasteiger partial charge in [0.2, 0.25) is 10.0 Å². The zero-order valence-electron chi connectivity index (χ0n) is 14.7. The standard InChI is InChI=1S/C17H20Cl2N4O2S/c1-4-23(5-2)26(24,25)14-7-9-17(20-11-14)22-21-12(3)13-6-8-15(18)16(19)10-13/h6-11H,4-5H2,1-3H3,(H,20,22)/b21-12+. The second kappa shape index (κ2) is 8.81. The third kappa shape index (κ3) is 4.73. The van der Waals surface area contributed by atoms with Crippen LogP contribution in [0, 0.1) is 0 Å². The Morgan fingerprint density at radius 1 is 1.15 bits per heavy atom. The number of rotatable bonds is 7. The van der Waals surface area contributed by atoms with Crippen molar-refractivity contribution in [3.63, 3.8) is 0 Å². The molecule has 0 unspecified atom stereocenters. The quantitative estimate of drug-likeness (QED) is 0.542. The fourth-order valence-corrected chi connectivity index (χ4v) is 3.94. The molecule has 0 aliphatic carbocycles. The second-order valence-corrected chi connectivity index (χ2v) is 8.16. The summed E-state index contributed by atoms with van der Waals surface area (Å²) in [6.45, 7) is 6.22. The van der Waals surface area contributed by atoms with Crippen LogP contribution >= 0.6 is 23.2 Å². The van der Waals surface area contributed by atoms with Crippen LogP contribution in [0.5, 0.6) is 0 Å². The van der Waals surface area contributed by atoms with Crippen LogP contribution in [0.15, 0.2) is 46.5 Å². The highest BCUT2D eigenvalue weighted by Gasteiger charge is 2.21. The number of halogens is 2. The summed E-state index contributed by atoms with van der Waals surface area (Å²) in [5.41, 5.74) is 4.30. The zero-order valence-corrected chi connectivity index (χ0v) is 17.0. The van der Waals surface area contributed by atoms with E-state index in [-0.39, 0.29) is 4.90 Å². The number of aromatic nitrogens is 1. The van der Waals surface area contributed by atoms with E-state index in [2.05, 4.69) is 15.5 Å². The Balaban J connectivity index is 2.15. The third-order valence-electron chi connectivity index (χ3n) is 3.76. The van der Waals surface area contributed by atoms with Crippen molar-refractivity contribution >= 4 is 44.8 Å². The van der Waals surface area contributed by atoms with Crippen molar-refractivity contribution in [3.8, 4) is 0 Å². The first-order valence-corrected chi connectivity index (χ1v) is 10.2. The molecule has 2 aromatic rings. The maximum Gasteiger partial charge on any atom is 0.244 e. The smallest absolute Gasteiger partial charge is 0.244 e. The van der Waals surface area contributed by atoms with Crippen molar-refractivity contribution in [2.75, 3.05) is 18.5 Å². The molecule has 0 radical (unpaired) electrons. The summed E-state index contributed by atoms with van der Waals surface area (Å²) < 4.78 is 26.2. The summed E-state index contributed by atoms with van der Waals surface area (Å²) in [6, 6.07) is 8.30. The highest BCUT2D eigenvalue weighted by Crippen LogP contribution is 2.23. The number of nitrogens with one attached hydrogen (secondary N) is 1. The number of sulfonamides is 1. The molecule has 0 bridgehead atoms. The molecule has 0 atom stereocenters. The first-order valence-electron chi connectivity index (χ1n) is 8.01. The molecule has 1 heterocycles.